The number of fused-ring (bicyclic) bond motifs is 1. The molecule has 0 spiro atoms. The van der Waals surface area contributed by atoms with E-state index < -0.39 is 11.9 Å². The third kappa shape index (κ3) is 5.78. The zero-order chi connectivity index (χ0) is 23.4. The number of rotatable bonds is 6. The van der Waals surface area contributed by atoms with Gasteiger partial charge in [0.2, 0.25) is 5.91 Å². The maximum atomic E-state index is 13.2. The molecule has 33 heavy (non-hydrogen) atoms. The molecule has 0 bridgehead atoms. The van der Waals surface area contributed by atoms with E-state index in [9.17, 15) is 22.4 Å². The Morgan fingerprint density at radius 3 is 2.27 bits per heavy atom. The lowest BCUT2D eigenvalue weighted by Crippen LogP contribution is -2.34. The number of pyridine rings is 1. The highest BCUT2D eigenvalue weighted by atomic mass is 19.4. The number of aromatic nitrogens is 1. The molecule has 0 fully saturated rings. The van der Waals surface area contributed by atoms with E-state index in [4.69, 9.17) is 0 Å². The van der Waals surface area contributed by atoms with Gasteiger partial charge in [-0.05, 0) is 84.7 Å². The number of hydrogen-bond donors (Lipinski definition) is 0. The third-order valence-electron chi connectivity index (χ3n) is 5.95. The van der Waals surface area contributed by atoms with Crippen LogP contribution in [0.25, 0.3) is 0 Å². The van der Waals surface area contributed by atoms with Crippen molar-refractivity contribution in [3.05, 3.63) is 94.6 Å². The molecule has 0 aliphatic heterocycles. The van der Waals surface area contributed by atoms with Gasteiger partial charge in [-0.25, -0.2) is 4.39 Å². The first-order valence-corrected chi connectivity index (χ1v) is 11.0. The van der Waals surface area contributed by atoms with Crippen LogP contribution < -0.4 is 4.90 Å². The molecule has 7 heteroatoms. The van der Waals surface area contributed by atoms with Crippen molar-refractivity contribution >= 4 is 11.6 Å². The monoisotopic (exact) mass is 456 g/mol. The molecule has 1 heterocycles. The van der Waals surface area contributed by atoms with Gasteiger partial charge in [-0.3, -0.25) is 9.78 Å². The van der Waals surface area contributed by atoms with E-state index in [-0.39, 0.29) is 18.1 Å². The maximum absolute atomic E-state index is 13.2. The first-order valence-electron chi connectivity index (χ1n) is 11.0. The standard InChI is InChI=1S/C26H24F4N2O/c27-22-9-5-18(6-10-22)15-25(33)32(23-11-8-20-3-1-2-4-21(20)16-23)14-13-19-7-12-24(31-17-19)26(28,29)30/h5-12,16-17H,1-4,13-15H2. The zero-order valence-electron chi connectivity index (χ0n) is 18.0. The summed E-state index contributed by atoms with van der Waals surface area (Å²) in [6.45, 7) is 0.297. The fourth-order valence-electron chi connectivity index (χ4n) is 4.14. The average molecular weight is 456 g/mol. The van der Waals surface area contributed by atoms with Crippen molar-refractivity contribution in [3.8, 4) is 0 Å². The Labute approximate surface area is 190 Å². The lowest BCUT2D eigenvalue weighted by atomic mass is 9.91. The van der Waals surface area contributed by atoms with E-state index in [1.54, 1.807) is 17.0 Å². The number of carbonyl (C=O) groups excluding carboxylic acids is 1. The number of aryl methyl sites for hydroxylation is 2. The van der Waals surface area contributed by atoms with Crippen molar-refractivity contribution in [2.75, 3.05) is 11.4 Å². The van der Waals surface area contributed by atoms with Crippen molar-refractivity contribution < 1.29 is 22.4 Å². The molecule has 1 aliphatic carbocycles. The van der Waals surface area contributed by atoms with Crippen LogP contribution in [0.3, 0.4) is 0 Å². The molecule has 4 rings (SSSR count). The highest BCUT2D eigenvalue weighted by Crippen LogP contribution is 2.28. The number of hydrogen-bond acceptors (Lipinski definition) is 2. The Hall–Kier alpha value is -3.22. The van der Waals surface area contributed by atoms with Gasteiger partial charge < -0.3 is 4.90 Å². The van der Waals surface area contributed by atoms with Crippen LogP contribution in [-0.2, 0) is 36.7 Å². The van der Waals surface area contributed by atoms with Crippen LogP contribution >= 0.6 is 0 Å². The second-order valence-corrected chi connectivity index (χ2v) is 8.31. The van der Waals surface area contributed by atoms with Gasteiger partial charge in [-0.15, -0.1) is 0 Å². The predicted molar refractivity (Wildman–Crippen MR) is 118 cm³/mol. The topological polar surface area (TPSA) is 33.2 Å². The summed E-state index contributed by atoms with van der Waals surface area (Å²) in [5.41, 5.74) is 3.66. The van der Waals surface area contributed by atoms with Crippen LogP contribution in [0.15, 0.2) is 60.8 Å². The zero-order valence-corrected chi connectivity index (χ0v) is 18.0. The van der Waals surface area contributed by atoms with Crippen molar-refractivity contribution in [1.82, 2.24) is 4.98 Å². The minimum atomic E-state index is -4.49. The fourth-order valence-corrected chi connectivity index (χ4v) is 4.14. The molecular formula is C26H24F4N2O. The maximum Gasteiger partial charge on any atom is 0.433 e. The molecule has 0 N–H and O–H groups in total. The normalized spacial score (nSPS) is 13.5. The van der Waals surface area contributed by atoms with Crippen LogP contribution in [0.1, 0.15) is 40.8 Å². The number of halogens is 4. The number of amides is 1. The smallest absolute Gasteiger partial charge is 0.312 e. The molecule has 0 radical (unpaired) electrons. The summed E-state index contributed by atoms with van der Waals surface area (Å²) in [6.07, 6.45) is 1.43. The number of alkyl halides is 3. The van der Waals surface area contributed by atoms with Crippen molar-refractivity contribution in [2.45, 2.75) is 44.7 Å². The van der Waals surface area contributed by atoms with Gasteiger partial charge in [0, 0.05) is 18.4 Å². The van der Waals surface area contributed by atoms with Crippen LogP contribution in [0.4, 0.5) is 23.2 Å². The second kappa shape index (κ2) is 9.73. The van der Waals surface area contributed by atoms with Crippen LogP contribution in [-0.4, -0.2) is 17.4 Å². The number of benzene rings is 2. The largest absolute Gasteiger partial charge is 0.433 e. The molecule has 172 valence electrons. The minimum Gasteiger partial charge on any atom is -0.312 e. The van der Waals surface area contributed by atoms with Crippen LogP contribution in [0.5, 0.6) is 0 Å². The van der Waals surface area contributed by atoms with E-state index in [0.717, 1.165) is 37.4 Å². The first kappa shape index (κ1) is 23.0. The van der Waals surface area contributed by atoms with Crippen molar-refractivity contribution in [2.24, 2.45) is 0 Å². The number of carbonyl (C=O) groups is 1. The van der Waals surface area contributed by atoms with Gasteiger partial charge in [-0.2, -0.15) is 13.2 Å². The lowest BCUT2D eigenvalue weighted by Gasteiger charge is -2.26. The summed E-state index contributed by atoms with van der Waals surface area (Å²) < 4.78 is 51.6. The van der Waals surface area contributed by atoms with Crippen molar-refractivity contribution in [1.29, 1.82) is 0 Å². The summed E-state index contributed by atoms with van der Waals surface area (Å²) in [5, 5.41) is 0. The summed E-state index contributed by atoms with van der Waals surface area (Å²) >= 11 is 0. The molecule has 3 aromatic rings. The Morgan fingerprint density at radius 2 is 1.61 bits per heavy atom. The quantitative estimate of drug-likeness (QED) is 0.431. The molecule has 0 saturated carbocycles. The third-order valence-corrected chi connectivity index (χ3v) is 5.95. The number of nitrogens with zero attached hydrogens (tertiary/aromatic N) is 2. The van der Waals surface area contributed by atoms with Gasteiger partial charge in [-0.1, -0.05) is 24.3 Å². The van der Waals surface area contributed by atoms with Crippen LogP contribution in [0.2, 0.25) is 0 Å². The Bertz CT molecular complexity index is 1110. The van der Waals surface area contributed by atoms with E-state index in [0.29, 0.717) is 24.1 Å². The summed E-state index contributed by atoms with van der Waals surface area (Å²) in [5.74, 6) is -0.523. The Balaban J connectivity index is 1.55. The molecule has 1 aliphatic rings. The highest BCUT2D eigenvalue weighted by Gasteiger charge is 2.32. The molecule has 3 nitrogen and oxygen atoms in total. The van der Waals surface area contributed by atoms with E-state index in [1.807, 2.05) is 12.1 Å². The second-order valence-electron chi connectivity index (χ2n) is 8.31. The van der Waals surface area contributed by atoms with Gasteiger partial charge in [0.25, 0.3) is 0 Å². The molecule has 0 saturated heterocycles. The van der Waals surface area contributed by atoms with E-state index >= 15 is 0 Å². The van der Waals surface area contributed by atoms with Gasteiger partial charge in [0.15, 0.2) is 0 Å². The fraction of sp³-hybridized carbons (Fsp3) is 0.308. The Morgan fingerprint density at radius 1 is 0.909 bits per heavy atom. The van der Waals surface area contributed by atoms with Gasteiger partial charge in [0.05, 0.1) is 6.42 Å². The van der Waals surface area contributed by atoms with Gasteiger partial charge >= 0.3 is 6.18 Å². The first-order chi connectivity index (χ1) is 15.8. The molecule has 1 aromatic heterocycles. The molecule has 2 aromatic carbocycles. The van der Waals surface area contributed by atoms with Crippen molar-refractivity contribution in [3.63, 3.8) is 0 Å². The molecule has 0 atom stereocenters. The highest BCUT2D eigenvalue weighted by molar-refractivity contribution is 5.95. The lowest BCUT2D eigenvalue weighted by molar-refractivity contribution is -0.141. The van der Waals surface area contributed by atoms with E-state index in [2.05, 4.69) is 11.1 Å². The van der Waals surface area contributed by atoms with Gasteiger partial charge in [0.1, 0.15) is 11.5 Å². The number of anilines is 1. The molecular weight excluding hydrogens is 432 g/mol. The van der Waals surface area contributed by atoms with Crippen LogP contribution in [0, 0.1) is 5.82 Å². The molecule has 1 amide bonds. The summed E-state index contributed by atoms with van der Waals surface area (Å²) in [4.78, 5) is 18.4. The summed E-state index contributed by atoms with van der Waals surface area (Å²) in [7, 11) is 0. The predicted octanol–water partition coefficient (Wildman–Crippen LogP) is 5.94. The minimum absolute atomic E-state index is 0.0998. The molecule has 0 unspecified atom stereocenters. The average Bonchev–Trinajstić information content (AvgIpc) is 2.80. The summed E-state index contributed by atoms with van der Waals surface area (Å²) in [6, 6.07) is 14.2. The van der Waals surface area contributed by atoms with E-state index in [1.165, 1.54) is 35.5 Å². The Kier molecular flexibility index (Phi) is 6.77. The SMILES string of the molecule is O=C(Cc1ccc(F)cc1)N(CCc1ccc(C(F)(F)F)nc1)c1ccc2c(c1)CCCC2.